The normalized spacial score (nSPS) is 60.9. The molecule has 0 amide bonds. The number of piperidine rings is 1. The van der Waals surface area contributed by atoms with Crippen molar-refractivity contribution >= 4 is 0 Å². The summed E-state index contributed by atoms with van der Waals surface area (Å²) in [5, 5.41) is 35.8. The molecule has 6 aliphatic rings. The van der Waals surface area contributed by atoms with E-state index in [-0.39, 0.29) is 48.0 Å². The Morgan fingerprint density at radius 1 is 1.03 bits per heavy atom. The van der Waals surface area contributed by atoms with Crippen molar-refractivity contribution in [3.63, 3.8) is 0 Å². The summed E-state index contributed by atoms with van der Waals surface area (Å²) in [5.74, 6) is -0.515. The minimum atomic E-state index is -1.47. The van der Waals surface area contributed by atoms with Crippen LogP contribution in [-0.2, 0) is 23.8 Å². The first kappa shape index (κ1) is 23.1. The van der Waals surface area contributed by atoms with Crippen molar-refractivity contribution in [1.29, 1.82) is 0 Å². The molecule has 5 saturated carbocycles. The minimum absolute atomic E-state index is 0.00199. The van der Waals surface area contributed by atoms with Crippen LogP contribution >= 0.6 is 0 Å². The monoisotopic (exact) mass is 469 g/mol. The largest absolute Gasteiger partial charge is 0.388 e. The molecule has 3 N–H and O–H groups in total. The lowest BCUT2D eigenvalue weighted by atomic mass is 9.44. The van der Waals surface area contributed by atoms with E-state index in [0.717, 1.165) is 6.42 Å². The molecule has 0 aromatic heterocycles. The van der Waals surface area contributed by atoms with Gasteiger partial charge in [-0.2, -0.15) is 0 Å². The number of β-amino-alcohol motifs (C(OH)–C–C–N with tert-alkyl or cyclic N) is 1. The summed E-state index contributed by atoms with van der Waals surface area (Å²) in [6.45, 7) is 3.17. The van der Waals surface area contributed by atoms with Crippen LogP contribution in [0.1, 0.15) is 32.6 Å². The lowest BCUT2D eigenvalue weighted by Crippen LogP contribution is -2.82. The Labute approximate surface area is 195 Å². The first-order valence-corrected chi connectivity index (χ1v) is 12.4. The van der Waals surface area contributed by atoms with Gasteiger partial charge in [0, 0.05) is 64.6 Å². The van der Waals surface area contributed by atoms with Crippen molar-refractivity contribution in [3.8, 4) is 0 Å². The maximum Gasteiger partial charge on any atom is 0.174 e. The fourth-order valence-corrected chi connectivity index (χ4v) is 10.7. The van der Waals surface area contributed by atoms with Crippen LogP contribution in [0.3, 0.4) is 0 Å². The fourth-order valence-electron chi connectivity index (χ4n) is 10.7. The topological polar surface area (TPSA) is 110 Å². The summed E-state index contributed by atoms with van der Waals surface area (Å²) in [4.78, 5) is 7.80. The summed E-state index contributed by atoms with van der Waals surface area (Å²) in [6.07, 6.45) is 1.07. The van der Waals surface area contributed by atoms with E-state index in [4.69, 9.17) is 23.8 Å². The molecule has 6 rings (SSSR count). The maximum absolute atomic E-state index is 12.8. The summed E-state index contributed by atoms with van der Waals surface area (Å²) in [7, 11) is 6.71. The molecule has 0 radical (unpaired) electrons. The maximum atomic E-state index is 12.8. The van der Waals surface area contributed by atoms with Gasteiger partial charge in [-0.1, -0.05) is 6.92 Å². The number of ether oxygens (including phenoxy) is 4. The molecule has 0 aromatic rings. The number of nitrogens with zero attached hydrogens (tertiary/aromatic N) is 1. The van der Waals surface area contributed by atoms with Crippen LogP contribution in [0.5, 0.6) is 0 Å². The van der Waals surface area contributed by atoms with Gasteiger partial charge >= 0.3 is 0 Å². The van der Waals surface area contributed by atoms with E-state index in [9.17, 15) is 15.5 Å². The fraction of sp³-hybridized carbons (Fsp3) is 1.00. The molecule has 1 aliphatic heterocycles. The van der Waals surface area contributed by atoms with Crippen LogP contribution in [0.25, 0.3) is 0 Å². The highest BCUT2D eigenvalue weighted by Crippen LogP contribution is 2.79. The zero-order valence-corrected chi connectivity index (χ0v) is 20.3. The van der Waals surface area contributed by atoms with Crippen LogP contribution in [0.2, 0.25) is 0 Å². The number of aliphatic hydroxyl groups is 2. The number of methoxy groups -OCH3 is 4. The molecule has 9 heteroatoms. The van der Waals surface area contributed by atoms with Crippen LogP contribution in [0, 0.1) is 29.1 Å². The predicted octanol–water partition coefficient (Wildman–Crippen LogP) is 0.521. The molecule has 13 unspecified atom stereocenters. The van der Waals surface area contributed by atoms with Crippen molar-refractivity contribution in [2.45, 2.75) is 79.9 Å². The molecular weight excluding hydrogens is 430 g/mol. The van der Waals surface area contributed by atoms with E-state index in [1.165, 1.54) is 0 Å². The van der Waals surface area contributed by atoms with Gasteiger partial charge in [-0.15, -0.1) is 0 Å². The first-order chi connectivity index (χ1) is 15.8. The molecular formula is C24H39NO8. The number of hydrogen-bond acceptors (Lipinski definition) is 9. The SMILES string of the molecule is CCN1CC2(O)CCC(OC)C34C5CC6C(OC)CC(O)(C5C6OC)C(OO)(C(OC)C23)C14. The van der Waals surface area contributed by atoms with Crippen LogP contribution in [0.4, 0.5) is 0 Å². The van der Waals surface area contributed by atoms with Crippen molar-refractivity contribution < 1.29 is 39.3 Å². The summed E-state index contributed by atoms with van der Waals surface area (Å²) in [5.41, 5.74) is -4.53. The van der Waals surface area contributed by atoms with Gasteiger partial charge in [0.15, 0.2) is 5.60 Å². The van der Waals surface area contributed by atoms with E-state index in [0.29, 0.717) is 32.4 Å². The van der Waals surface area contributed by atoms with Crippen LogP contribution in [-0.4, -0.2) is 109 Å². The second-order valence-corrected chi connectivity index (χ2v) is 11.5. The van der Waals surface area contributed by atoms with E-state index in [2.05, 4.69) is 11.8 Å². The Bertz CT molecular complexity index is 815. The van der Waals surface area contributed by atoms with Gasteiger partial charge in [0.1, 0.15) is 11.7 Å². The lowest BCUT2D eigenvalue weighted by Gasteiger charge is -2.69. The molecule has 0 aromatic carbocycles. The van der Waals surface area contributed by atoms with Gasteiger partial charge in [-0.25, -0.2) is 4.89 Å². The minimum Gasteiger partial charge on any atom is -0.388 e. The highest BCUT2D eigenvalue weighted by atomic mass is 17.1. The molecule has 13 atom stereocenters. The Kier molecular flexibility index (Phi) is 4.97. The summed E-state index contributed by atoms with van der Waals surface area (Å²) in [6, 6.07) is -0.376. The number of fused-ring (bicyclic) bond motifs is 2. The van der Waals surface area contributed by atoms with Gasteiger partial charge in [-0.05, 0) is 31.7 Å². The third-order valence-corrected chi connectivity index (χ3v) is 11.2. The van der Waals surface area contributed by atoms with Gasteiger partial charge < -0.3 is 29.2 Å². The van der Waals surface area contributed by atoms with Gasteiger partial charge in [0.2, 0.25) is 0 Å². The molecule has 1 saturated heterocycles. The van der Waals surface area contributed by atoms with E-state index in [1.807, 2.05) is 0 Å². The van der Waals surface area contributed by atoms with E-state index < -0.39 is 28.3 Å². The second kappa shape index (κ2) is 7.11. The zero-order valence-electron chi connectivity index (χ0n) is 20.3. The third kappa shape index (κ3) is 2.15. The van der Waals surface area contributed by atoms with Crippen molar-refractivity contribution in [1.82, 2.24) is 4.90 Å². The van der Waals surface area contributed by atoms with E-state index >= 15 is 0 Å². The number of rotatable bonds is 6. The second-order valence-electron chi connectivity index (χ2n) is 11.5. The van der Waals surface area contributed by atoms with Crippen molar-refractivity contribution in [2.75, 3.05) is 41.5 Å². The van der Waals surface area contributed by atoms with Crippen LogP contribution < -0.4 is 0 Å². The molecule has 5 aliphatic carbocycles. The molecule has 9 nitrogen and oxygen atoms in total. The van der Waals surface area contributed by atoms with Gasteiger partial charge in [0.25, 0.3) is 0 Å². The Morgan fingerprint density at radius 2 is 1.79 bits per heavy atom. The van der Waals surface area contributed by atoms with Crippen molar-refractivity contribution in [2.24, 2.45) is 29.1 Å². The molecule has 1 heterocycles. The highest BCUT2D eigenvalue weighted by Gasteiger charge is 2.93. The Balaban J connectivity index is 1.70. The average Bonchev–Trinajstić information content (AvgIpc) is 3.25. The molecule has 188 valence electrons. The molecule has 33 heavy (non-hydrogen) atoms. The smallest absolute Gasteiger partial charge is 0.174 e. The standard InChI is InChI=1S/C24H39NO8/c1-6-25-11-21(26)8-7-15(30-3)23-13-9-12-14(29-2)10-22(27,16(13)17(12)31-4)24(33-28,20(23)25)19(32-5)18(21)23/h12-20,26-28H,6-11H2,1-5H3. The molecule has 7 bridgehead atoms. The van der Waals surface area contributed by atoms with Gasteiger partial charge in [-0.3, -0.25) is 10.2 Å². The quantitative estimate of drug-likeness (QED) is 0.379. The average molecular weight is 470 g/mol. The first-order valence-electron chi connectivity index (χ1n) is 12.4. The predicted molar refractivity (Wildman–Crippen MR) is 115 cm³/mol. The summed E-state index contributed by atoms with van der Waals surface area (Å²) < 4.78 is 24.4. The van der Waals surface area contributed by atoms with Crippen LogP contribution in [0.15, 0.2) is 0 Å². The Morgan fingerprint density at radius 3 is 2.36 bits per heavy atom. The zero-order chi connectivity index (χ0) is 23.6. The molecule has 1 spiro atoms. The summed E-state index contributed by atoms with van der Waals surface area (Å²) >= 11 is 0. The highest BCUT2D eigenvalue weighted by molar-refractivity contribution is 5.42. The third-order valence-electron chi connectivity index (χ3n) is 11.2. The molecule has 6 fully saturated rings. The van der Waals surface area contributed by atoms with Crippen molar-refractivity contribution in [3.05, 3.63) is 0 Å². The number of likely N-dealkylation sites (N-methyl/N-ethyl adjacent to an activating group) is 1. The number of likely N-dealkylation sites (tertiary alicyclic amines) is 1. The van der Waals surface area contributed by atoms with E-state index in [1.54, 1.807) is 28.4 Å². The van der Waals surface area contributed by atoms with Gasteiger partial charge in [0.05, 0.1) is 30.0 Å². The lowest BCUT2D eigenvalue weighted by molar-refractivity contribution is -0.424. The Hall–Kier alpha value is -0.360. The number of hydrogen-bond donors (Lipinski definition) is 3.